The van der Waals surface area contributed by atoms with E-state index < -0.39 is 0 Å². The molecule has 1 aliphatic rings. The van der Waals surface area contributed by atoms with E-state index >= 15 is 0 Å². The molecule has 0 aromatic heterocycles. The number of benzene rings is 4. The first-order valence-electron chi connectivity index (χ1n) is 9.81. The van der Waals surface area contributed by atoms with Crippen molar-refractivity contribution in [1.29, 1.82) is 0 Å². The van der Waals surface area contributed by atoms with Crippen LogP contribution in [0, 0.1) is 6.92 Å². The number of imide groups is 1. The molecule has 2 amide bonds. The smallest absolute Gasteiger partial charge is 0.268 e. The van der Waals surface area contributed by atoms with E-state index in [2.05, 4.69) is 30.3 Å². The quantitative estimate of drug-likeness (QED) is 0.285. The first-order valence-corrected chi connectivity index (χ1v) is 10.6. The summed E-state index contributed by atoms with van der Waals surface area (Å²) in [6.45, 7) is 2.31. The number of carbonyl (C=O) groups is 2. The predicted molar refractivity (Wildman–Crippen MR) is 124 cm³/mol. The molecule has 5 rings (SSSR count). The molecule has 4 heteroatoms. The molecule has 0 atom stereocenters. The molecule has 3 nitrogen and oxygen atoms in total. The second-order valence-electron chi connectivity index (χ2n) is 7.49. The van der Waals surface area contributed by atoms with Gasteiger partial charge in [0.1, 0.15) is 0 Å². The summed E-state index contributed by atoms with van der Waals surface area (Å²) >= 11 is 1.01. The molecule has 0 radical (unpaired) electrons. The number of hydrogen-bond acceptors (Lipinski definition) is 3. The molecule has 0 unspecified atom stereocenters. The number of carbonyl (C=O) groups excluding carboxylic acids is 2. The van der Waals surface area contributed by atoms with Crippen molar-refractivity contribution in [2.24, 2.45) is 0 Å². The Bertz CT molecular complexity index is 1280. The number of hydrogen-bond donors (Lipinski definition) is 0. The highest BCUT2D eigenvalue weighted by Crippen LogP contribution is 2.37. The Morgan fingerprint density at radius 2 is 1.43 bits per heavy atom. The average molecular weight is 410 g/mol. The normalized spacial score (nSPS) is 15.6. The number of aryl methyl sites for hydroxylation is 1. The van der Waals surface area contributed by atoms with Crippen molar-refractivity contribution in [3.63, 3.8) is 0 Å². The van der Waals surface area contributed by atoms with Crippen LogP contribution in [0.15, 0.2) is 83.8 Å². The third-order valence-corrected chi connectivity index (χ3v) is 6.33. The maximum atomic E-state index is 13.1. The summed E-state index contributed by atoms with van der Waals surface area (Å²) in [5, 5.41) is 4.14. The van der Waals surface area contributed by atoms with Gasteiger partial charge in [-0.25, -0.2) is 0 Å². The molecule has 0 N–H and O–H groups in total. The lowest BCUT2D eigenvalue weighted by molar-refractivity contribution is -0.123. The molecule has 0 aliphatic carbocycles. The third-order valence-electron chi connectivity index (χ3n) is 5.42. The van der Waals surface area contributed by atoms with E-state index in [-0.39, 0.29) is 11.1 Å². The van der Waals surface area contributed by atoms with E-state index in [0.717, 1.165) is 50.0 Å². The zero-order chi connectivity index (χ0) is 20.7. The summed E-state index contributed by atoms with van der Waals surface area (Å²) < 4.78 is 0. The van der Waals surface area contributed by atoms with Gasteiger partial charge in [-0.1, -0.05) is 78.4 Å². The molecular formula is C26H19NO2S. The molecule has 0 saturated carbocycles. The van der Waals surface area contributed by atoms with Gasteiger partial charge < -0.3 is 0 Å². The maximum Gasteiger partial charge on any atom is 0.293 e. The van der Waals surface area contributed by atoms with Gasteiger partial charge in [0, 0.05) is 0 Å². The summed E-state index contributed by atoms with van der Waals surface area (Å²) in [7, 11) is 0. The Balaban J connectivity index is 1.58. The molecule has 146 valence electrons. The highest BCUT2D eigenvalue weighted by molar-refractivity contribution is 8.18. The SMILES string of the molecule is Cc1ccc(CN2C(=O)S/C(=C/c3c4ccccc4cc4ccccc34)C2=O)cc1. The monoisotopic (exact) mass is 409 g/mol. The van der Waals surface area contributed by atoms with Crippen LogP contribution in [0.3, 0.4) is 0 Å². The zero-order valence-electron chi connectivity index (χ0n) is 16.5. The number of thioether (sulfide) groups is 1. The highest BCUT2D eigenvalue weighted by atomic mass is 32.2. The Labute approximate surface area is 179 Å². The summed E-state index contributed by atoms with van der Waals surface area (Å²) in [5.74, 6) is -0.234. The fourth-order valence-electron chi connectivity index (χ4n) is 3.85. The average Bonchev–Trinajstić information content (AvgIpc) is 3.02. The van der Waals surface area contributed by atoms with Crippen LogP contribution in [0.2, 0.25) is 0 Å². The van der Waals surface area contributed by atoms with Gasteiger partial charge in [-0.2, -0.15) is 0 Å². The van der Waals surface area contributed by atoms with E-state index in [9.17, 15) is 9.59 Å². The summed E-state index contributed by atoms with van der Waals surface area (Å²) in [6, 6.07) is 26.3. The summed E-state index contributed by atoms with van der Waals surface area (Å²) in [6.07, 6.45) is 1.88. The van der Waals surface area contributed by atoms with Gasteiger partial charge in [-0.05, 0) is 63.5 Å². The van der Waals surface area contributed by atoms with Crippen molar-refractivity contribution >= 4 is 50.5 Å². The minimum absolute atomic E-state index is 0.226. The van der Waals surface area contributed by atoms with Crippen LogP contribution in [0.4, 0.5) is 4.79 Å². The van der Waals surface area contributed by atoms with Crippen molar-refractivity contribution in [2.45, 2.75) is 13.5 Å². The van der Waals surface area contributed by atoms with Crippen LogP contribution in [0.1, 0.15) is 16.7 Å². The van der Waals surface area contributed by atoms with Crippen LogP contribution >= 0.6 is 11.8 Å². The Kier molecular flexibility index (Phi) is 4.64. The molecule has 30 heavy (non-hydrogen) atoms. The van der Waals surface area contributed by atoms with Crippen molar-refractivity contribution in [2.75, 3.05) is 0 Å². The molecular weight excluding hydrogens is 390 g/mol. The lowest BCUT2D eigenvalue weighted by atomic mass is 9.96. The van der Waals surface area contributed by atoms with E-state index in [0.29, 0.717) is 11.4 Å². The third kappa shape index (κ3) is 3.29. The molecule has 1 heterocycles. The molecule has 1 saturated heterocycles. The van der Waals surface area contributed by atoms with Crippen LogP contribution < -0.4 is 0 Å². The number of rotatable bonds is 3. The standard InChI is InChI=1S/C26H19NO2S/c1-17-10-12-18(13-11-17)16-27-25(28)24(30-26(27)29)15-23-21-8-4-2-6-19(21)14-20-7-3-5-9-22(20)23/h2-15H,16H2,1H3/b24-15+. The van der Waals surface area contributed by atoms with Crippen molar-refractivity contribution in [3.05, 3.63) is 100 Å². The van der Waals surface area contributed by atoms with E-state index in [1.54, 1.807) is 0 Å². The fourth-order valence-corrected chi connectivity index (χ4v) is 4.67. The maximum absolute atomic E-state index is 13.1. The first-order chi connectivity index (χ1) is 14.6. The van der Waals surface area contributed by atoms with E-state index in [1.165, 1.54) is 4.90 Å². The molecule has 0 spiro atoms. The summed E-state index contributed by atoms with van der Waals surface area (Å²) in [5.41, 5.74) is 3.07. The number of nitrogens with zero attached hydrogens (tertiary/aromatic N) is 1. The Morgan fingerprint density at radius 1 is 0.833 bits per heavy atom. The summed E-state index contributed by atoms with van der Waals surface area (Å²) in [4.78, 5) is 27.5. The van der Waals surface area contributed by atoms with Crippen LogP contribution in [-0.2, 0) is 11.3 Å². The second kappa shape index (κ2) is 7.47. The lowest BCUT2D eigenvalue weighted by Gasteiger charge is -2.12. The van der Waals surface area contributed by atoms with Gasteiger partial charge in [0.2, 0.25) is 0 Å². The van der Waals surface area contributed by atoms with Gasteiger partial charge in [-0.3, -0.25) is 14.5 Å². The first kappa shape index (κ1) is 18.6. The number of amides is 2. The number of fused-ring (bicyclic) bond motifs is 2. The van der Waals surface area contributed by atoms with Crippen LogP contribution in [0.25, 0.3) is 27.6 Å². The van der Waals surface area contributed by atoms with Crippen molar-refractivity contribution in [3.8, 4) is 0 Å². The van der Waals surface area contributed by atoms with Gasteiger partial charge in [-0.15, -0.1) is 0 Å². The van der Waals surface area contributed by atoms with Gasteiger partial charge in [0.15, 0.2) is 0 Å². The van der Waals surface area contributed by atoms with Gasteiger partial charge >= 0.3 is 0 Å². The largest absolute Gasteiger partial charge is 0.293 e. The van der Waals surface area contributed by atoms with Gasteiger partial charge in [0.25, 0.3) is 11.1 Å². The lowest BCUT2D eigenvalue weighted by Crippen LogP contribution is -2.27. The van der Waals surface area contributed by atoms with Crippen LogP contribution in [0.5, 0.6) is 0 Å². The topological polar surface area (TPSA) is 37.4 Å². The van der Waals surface area contributed by atoms with E-state index in [4.69, 9.17) is 0 Å². The van der Waals surface area contributed by atoms with Crippen molar-refractivity contribution in [1.82, 2.24) is 4.90 Å². The highest BCUT2D eigenvalue weighted by Gasteiger charge is 2.35. The minimum Gasteiger partial charge on any atom is -0.268 e. The Morgan fingerprint density at radius 3 is 2.07 bits per heavy atom. The molecule has 4 aromatic carbocycles. The van der Waals surface area contributed by atoms with Gasteiger partial charge in [0.05, 0.1) is 11.4 Å². The van der Waals surface area contributed by atoms with Crippen LogP contribution in [-0.4, -0.2) is 16.0 Å². The van der Waals surface area contributed by atoms with E-state index in [1.807, 2.05) is 61.5 Å². The fraction of sp³-hybridized carbons (Fsp3) is 0.0769. The zero-order valence-corrected chi connectivity index (χ0v) is 17.3. The molecule has 1 aliphatic heterocycles. The Hall–Kier alpha value is -3.37. The predicted octanol–water partition coefficient (Wildman–Crippen LogP) is 6.54. The molecule has 1 fully saturated rings. The van der Waals surface area contributed by atoms with Crippen molar-refractivity contribution < 1.29 is 9.59 Å². The molecule has 0 bridgehead atoms. The minimum atomic E-state index is -0.234. The second-order valence-corrected chi connectivity index (χ2v) is 8.48. The molecule has 4 aromatic rings.